The lowest BCUT2D eigenvalue weighted by atomic mass is 9.99. The number of nitrogens with zero attached hydrogens (tertiary/aromatic N) is 6. The molecule has 1 fully saturated rings. The molecule has 2 aliphatic rings. The van der Waals surface area contributed by atoms with Gasteiger partial charge in [0.05, 0.1) is 23.8 Å². The van der Waals surface area contributed by atoms with Crippen LogP contribution in [0.4, 0.5) is 0 Å². The van der Waals surface area contributed by atoms with Gasteiger partial charge in [-0.05, 0) is 51.5 Å². The summed E-state index contributed by atoms with van der Waals surface area (Å²) in [6, 6.07) is 9.02. The zero-order chi connectivity index (χ0) is 27.4. The topological polar surface area (TPSA) is 113 Å². The van der Waals surface area contributed by atoms with E-state index in [1.165, 1.54) is 11.3 Å². The molecule has 0 saturated carbocycles. The van der Waals surface area contributed by atoms with Crippen LogP contribution < -0.4 is 5.32 Å². The highest BCUT2D eigenvalue weighted by atomic mass is 32.1. The van der Waals surface area contributed by atoms with E-state index < -0.39 is 12.1 Å². The predicted molar refractivity (Wildman–Crippen MR) is 147 cm³/mol. The van der Waals surface area contributed by atoms with Gasteiger partial charge in [-0.1, -0.05) is 30.3 Å². The normalized spacial score (nSPS) is 21.1. The Kier molecular flexibility index (Phi) is 8.35. The summed E-state index contributed by atoms with van der Waals surface area (Å²) < 4.78 is 1.82. The van der Waals surface area contributed by atoms with Gasteiger partial charge in [0.1, 0.15) is 22.6 Å². The minimum Gasteiger partial charge on any atom is -0.344 e. The molecule has 3 aromatic rings. The van der Waals surface area contributed by atoms with E-state index in [0.29, 0.717) is 67.7 Å². The Morgan fingerprint density at radius 1 is 1.05 bits per heavy atom. The highest BCUT2D eigenvalue weighted by Gasteiger charge is 2.34. The fraction of sp³-hybridized carbons (Fsp3) is 0.500. The highest BCUT2D eigenvalue weighted by molar-refractivity contribution is 7.11. The number of fused-ring (bicyclic) bond motifs is 2. The van der Waals surface area contributed by atoms with E-state index in [1.807, 2.05) is 48.9 Å². The average Bonchev–Trinajstić information content (AvgIpc) is 3.54. The van der Waals surface area contributed by atoms with Crippen molar-refractivity contribution in [3.8, 4) is 0 Å². The first-order valence-electron chi connectivity index (χ1n) is 13.6. The molecule has 2 aliphatic heterocycles. The van der Waals surface area contributed by atoms with Gasteiger partial charge in [-0.15, -0.1) is 11.3 Å². The van der Waals surface area contributed by atoms with Gasteiger partial charge in [-0.3, -0.25) is 14.4 Å². The van der Waals surface area contributed by atoms with Crippen molar-refractivity contribution in [3.05, 3.63) is 63.6 Å². The largest absolute Gasteiger partial charge is 0.344 e. The SMILES string of the molecule is Cc1nc2n(n1)CCN(C(=O)c1scnc1C)CCCC(=O)N1CCCC[C@H]1C(=O)N[C@@H]2Cc1ccccc1. The van der Waals surface area contributed by atoms with Gasteiger partial charge in [-0.2, -0.15) is 5.10 Å². The lowest BCUT2D eigenvalue weighted by Crippen LogP contribution is -2.53. The van der Waals surface area contributed by atoms with Crippen LogP contribution in [0, 0.1) is 13.8 Å². The summed E-state index contributed by atoms with van der Waals surface area (Å²) in [7, 11) is 0. The van der Waals surface area contributed by atoms with E-state index in [1.54, 1.807) is 15.3 Å². The van der Waals surface area contributed by atoms with E-state index >= 15 is 0 Å². The number of amides is 3. The van der Waals surface area contributed by atoms with Crippen LogP contribution in [0.1, 0.15) is 70.7 Å². The number of rotatable bonds is 3. The van der Waals surface area contributed by atoms with Gasteiger partial charge in [0.15, 0.2) is 0 Å². The summed E-state index contributed by atoms with van der Waals surface area (Å²) in [6.07, 6.45) is 3.76. The fourth-order valence-corrected chi connectivity index (χ4v) is 6.24. The number of hydrogen-bond donors (Lipinski definition) is 1. The van der Waals surface area contributed by atoms with Crippen LogP contribution in [0.5, 0.6) is 0 Å². The highest BCUT2D eigenvalue weighted by Crippen LogP contribution is 2.24. The van der Waals surface area contributed by atoms with Crippen molar-refractivity contribution >= 4 is 29.1 Å². The van der Waals surface area contributed by atoms with Gasteiger partial charge in [0.2, 0.25) is 11.8 Å². The van der Waals surface area contributed by atoms with Crippen LogP contribution in [-0.4, -0.2) is 72.9 Å². The molecule has 1 N–H and O–H groups in total. The van der Waals surface area contributed by atoms with Crippen molar-refractivity contribution in [1.29, 1.82) is 0 Å². The van der Waals surface area contributed by atoms with Gasteiger partial charge >= 0.3 is 0 Å². The van der Waals surface area contributed by atoms with Gasteiger partial charge in [0, 0.05) is 26.1 Å². The maximum absolute atomic E-state index is 13.7. The van der Waals surface area contributed by atoms with Crippen molar-refractivity contribution in [2.45, 2.75) is 71.0 Å². The summed E-state index contributed by atoms with van der Waals surface area (Å²) >= 11 is 1.33. The van der Waals surface area contributed by atoms with Crippen molar-refractivity contribution in [3.63, 3.8) is 0 Å². The molecule has 0 radical (unpaired) electrons. The third-order valence-electron chi connectivity index (χ3n) is 7.47. The Labute approximate surface area is 232 Å². The Balaban J connectivity index is 1.50. The van der Waals surface area contributed by atoms with Crippen molar-refractivity contribution in [2.24, 2.45) is 0 Å². The van der Waals surface area contributed by atoms with Crippen LogP contribution in [-0.2, 0) is 22.6 Å². The first-order chi connectivity index (χ1) is 18.9. The third-order valence-corrected chi connectivity index (χ3v) is 8.39. The molecule has 0 aliphatic carbocycles. The van der Waals surface area contributed by atoms with E-state index in [9.17, 15) is 14.4 Å². The summed E-state index contributed by atoms with van der Waals surface area (Å²) in [4.78, 5) is 53.6. The lowest BCUT2D eigenvalue weighted by molar-refractivity contribution is -0.142. The smallest absolute Gasteiger partial charge is 0.265 e. The number of aryl methyl sites for hydroxylation is 2. The number of aromatic nitrogens is 4. The van der Waals surface area contributed by atoms with E-state index in [4.69, 9.17) is 4.98 Å². The summed E-state index contributed by atoms with van der Waals surface area (Å²) in [5.74, 6) is 0.986. The number of carbonyl (C=O) groups is 3. The molecule has 1 saturated heterocycles. The second-order valence-corrected chi connectivity index (χ2v) is 11.1. The van der Waals surface area contributed by atoms with Crippen molar-refractivity contribution < 1.29 is 14.4 Å². The number of carbonyl (C=O) groups excluding carboxylic acids is 3. The van der Waals surface area contributed by atoms with E-state index in [2.05, 4.69) is 15.4 Å². The van der Waals surface area contributed by atoms with Crippen LogP contribution in [0.25, 0.3) is 0 Å². The molecule has 1 aromatic carbocycles. The quantitative estimate of drug-likeness (QED) is 0.537. The minimum absolute atomic E-state index is 0.0353. The second-order valence-electron chi connectivity index (χ2n) is 10.3. The van der Waals surface area contributed by atoms with Crippen LogP contribution in [0.2, 0.25) is 0 Å². The van der Waals surface area contributed by atoms with E-state index in [0.717, 1.165) is 18.4 Å². The van der Waals surface area contributed by atoms with Crippen LogP contribution in [0.15, 0.2) is 35.8 Å². The second kappa shape index (κ2) is 12.1. The van der Waals surface area contributed by atoms with Gasteiger partial charge in [-0.25, -0.2) is 14.6 Å². The van der Waals surface area contributed by atoms with Crippen molar-refractivity contribution in [1.82, 2.24) is 34.9 Å². The van der Waals surface area contributed by atoms with Crippen LogP contribution >= 0.6 is 11.3 Å². The molecule has 3 amide bonds. The number of thiazole rings is 1. The van der Waals surface area contributed by atoms with Crippen molar-refractivity contribution in [2.75, 3.05) is 19.6 Å². The monoisotopic (exact) mass is 549 g/mol. The molecule has 206 valence electrons. The van der Waals surface area contributed by atoms with Gasteiger partial charge in [0.25, 0.3) is 5.91 Å². The molecule has 5 rings (SSSR count). The summed E-state index contributed by atoms with van der Waals surface area (Å²) in [5, 5.41) is 7.88. The minimum atomic E-state index is -0.512. The molecule has 39 heavy (non-hydrogen) atoms. The molecule has 4 heterocycles. The molecular weight excluding hydrogens is 514 g/mol. The Morgan fingerprint density at radius 2 is 1.87 bits per heavy atom. The zero-order valence-electron chi connectivity index (χ0n) is 22.5. The summed E-state index contributed by atoms with van der Waals surface area (Å²) in [6.45, 7) is 5.49. The number of hydrogen-bond acceptors (Lipinski definition) is 7. The molecular formula is C28H35N7O3S. The average molecular weight is 550 g/mol. The number of piperidine rings is 1. The lowest BCUT2D eigenvalue weighted by Gasteiger charge is -2.36. The standard InChI is InChI=1S/C28H35N7O3S/c1-19-25(39-18-29-19)28(38)33-13-8-12-24(36)34-14-7-6-11-23(34)27(37)31-22(17-21-9-4-3-5-10-21)26-30-20(2)32-35(26)16-15-33/h3-5,9-10,18,22-23H,6-8,11-17H2,1-2H3,(H,31,37)/t22-,23+/m1/s1. The maximum atomic E-state index is 13.7. The molecule has 11 heteroatoms. The first kappa shape index (κ1) is 27.0. The Hall–Kier alpha value is -3.60. The maximum Gasteiger partial charge on any atom is 0.265 e. The number of benzene rings is 1. The fourth-order valence-electron chi connectivity index (χ4n) is 5.47. The van der Waals surface area contributed by atoms with Crippen LogP contribution in [0.3, 0.4) is 0 Å². The van der Waals surface area contributed by atoms with Gasteiger partial charge < -0.3 is 15.1 Å². The molecule has 10 nitrogen and oxygen atoms in total. The predicted octanol–water partition coefficient (Wildman–Crippen LogP) is 3.07. The third kappa shape index (κ3) is 6.19. The van der Waals surface area contributed by atoms with E-state index in [-0.39, 0.29) is 24.1 Å². The summed E-state index contributed by atoms with van der Waals surface area (Å²) in [5.41, 5.74) is 3.45. The Bertz CT molecular complexity index is 1320. The molecule has 2 aromatic heterocycles. The zero-order valence-corrected chi connectivity index (χ0v) is 23.3. The molecule has 0 spiro atoms. The molecule has 0 unspecified atom stereocenters. The number of nitrogens with one attached hydrogen (secondary N) is 1. The Morgan fingerprint density at radius 3 is 2.64 bits per heavy atom. The first-order valence-corrected chi connectivity index (χ1v) is 14.5. The molecule has 0 bridgehead atoms. The molecule has 2 atom stereocenters.